The van der Waals surface area contributed by atoms with Crippen molar-refractivity contribution in [1.29, 1.82) is 0 Å². The smallest absolute Gasteiger partial charge is 0.127 e. The molecule has 0 saturated heterocycles. The number of fused-ring (bicyclic) bond motifs is 1. The van der Waals surface area contributed by atoms with Crippen LogP contribution in [0.5, 0.6) is 5.75 Å². The molecular weight excluding hydrogens is 222 g/mol. The third-order valence-corrected chi connectivity index (χ3v) is 3.17. The van der Waals surface area contributed by atoms with Gasteiger partial charge < -0.3 is 10.5 Å². The molecule has 1 unspecified atom stereocenters. The summed E-state index contributed by atoms with van der Waals surface area (Å²) in [6.45, 7) is 4.30. The maximum atomic E-state index is 7.90. The summed E-state index contributed by atoms with van der Waals surface area (Å²) >= 11 is 0. The maximum Gasteiger partial charge on any atom is 0.127 e. The Morgan fingerprint density at radius 2 is 1.83 bits per heavy atom. The van der Waals surface area contributed by atoms with Crippen molar-refractivity contribution in [2.75, 3.05) is 0 Å². The number of benzene rings is 2. The first-order valence-electron chi connectivity index (χ1n) is 6.62. The van der Waals surface area contributed by atoms with Crippen molar-refractivity contribution < 1.29 is 4.74 Å². The number of hydrogen-bond acceptors (Lipinski definition) is 1. The molecule has 0 aliphatic carbocycles. The Morgan fingerprint density at radius 3 is 2.61 bits per heavy atom. The van der Waals surface area contributed by atoms with Gasteiger partial charge in [0.1, 0.15) is 5.75 Å². The minimum atomic E-state index is 0.227. The Kier molecular flexibility index (Phi) is 4.08. The molecule has 0 bridgehead atoms. The van der Waals surface area contributed by atoms with Crippen LogP contribution in [0.2, 0.25) is 0 Å². The average Bonchev–Trinajstić information content (AvgIpc) is 2.38. The first-order chi connectivity index (χ1) is 8.72. The van der Waals surface area contributed by atoms with E-state index in [1.807, 2.05) is 36.4 Å². The van der Waals surface area contributed by atoms with Crippen molar-refractivity contribution in [3.63, 3.8) is 0 Å². The predicted molar refractivity (Wildman–Crippen MR) is 76.3 cm³/mol. The van der Waals surface area contributed by atoms with Crippen molar-refractivity contribution >= 4 is 16.5 Å². The van der Waals surface area contributed by atoms with E-state index >= 15 is 0 Å². The van der Waals surface area contributed by atoms with Crippen molar-refractivity contribution in [3.8, 4) is 5.75 Å². The molecule has 0 aromatic heterocycles. The lowest BCUT2D eigenvalue weighted by atomic mass is 10.1. The summed E-state index contributed by atoms with van der Waals surface area (Å²) in [4.78, 5) is 0. The summed E-state index contributed by atoms with van der Waals surface area (Å²) in [5.74, 6) is 0.894. The van der Waals surface area contributed by atoms with Crippen LogP contribution in [-0.4, -0.2) is 6.10 Å². The summed E-state index contributed by atoms with van der Waals surface area (Å²) in [6, 6.07) is 11.7. The molecule has 2 heteroatoms. The Bertz CT molecular complexity index is 521. The van der Waals surface area contributed by atoms with Gasteiger partial charge in [-0.1, -0.05) is 44.0 Å². The van der Waals surface area contributed by atoms with Crippen LogP contribution in [0, 0.1) is 0 Å². The Labute approximate surface area is 109 Å². The van der Waals surface area contributed by atoms with Crippen molar-refractivity contribution in [3.05, 3.63) is 36.4 Å². The van der Waals surface area contributed by atoms with Crippen LogP contribution in [0.3, 0.4) is 0 Å². The standard InChI is InChI=1S/C16H20NO/c1-3-4-7-12(2)18-16-11-6-8-13-14(16)9-5-10-15(13)17/h5-6,8-12,17H,3-4,7H2,1-2H3. The molecule has 1 N–H and O–H groups in total. The zero-order valence-corrected chi connectivity index (χ0v) is 11.1. The molecule has 0 saturated carbocycles. The Morgan fingerprint density at radius 1 is 1.11 bits per heavy atom. The van der Waals surface area contributed by atoms with Crippen LogP contribution in [0.1, 0.15) is 33.1 Å². The van der Waals surface area contributed by atoms with E-state index in [1.165, 1.54) is 12.8 Å². The van der Waals surface area contributed by atoms with Gasteiger partial charge in [0.05, 0.1) is 11.8 Å². The van der Waals surface area contributed by atoms with Gasteiger partial charge in [0.25, 0.3) is 0 Å². The third-order valence-electron chi connectivity index (χ3n) is 3.17. The van der Waals surface area contributed by atoms with Gasteiger partial charge in [0, 0.05) is 10.8 Å². The molecule has 0 fully saturated rings. The van der Waals surface area contributed by atoms with E-state index in [-0.39, 0.29) is 6.10 Å². The first kappa shape index (κ1) is 12.7. The fourth-order valence-corrected chi connectivity index (χ4v) is 2.15. The molecule has 0 aliphatic heterocycles. The van der Waals surface area contributed by atoms with Crippen molar-refractivity contribution in [2.45, 2.75) is 39.2 Å². The second-order valence-corrected chi connectivity index (χ2v) is 4.73. The highest BCUT2D eigenvalue weighted by atomic mass is 16.5. The maximum absolute atomic E-state index is 7.90. The summed E-state index contributed by atoms with van der Waals surface area (Å²) in [6.07, 6.45) is 3.69. The van der Waals surface area contributed by atoms with E-state index in [0.717, 1.165) is 22.9 Å². The van der Waals surface area contributed by atoms with E-state index in [0.29, 0.717) is 5.69 Å². The molecule has 0 heterocycles. The number of ether oxygens (including phenoxy) is 1. The molecule has 2 rings (SSSR count). The van der Waals surface area contributed by atoms with Crippen molar-refractivity contribution in [2.24, 2.45) is 0 Å². The molecule has 2 aromatic carbocycles. The first-order valence-corrected chi connectivity index (χ1v) is 6.62. The number of unbranched alkanes of at least 4 members (excludes halogenated alkanes) is 1. The van der Waals surface area contributed by atoms with E-state index in [1.54, 1.807) is 0 Å². The Balaban J connectivity index is 2.25. The van der Waals surface area contributed by atoms with Gasteiger partial charge in [-0.15, -0.1) is 0 Å². The minimum Gasteiger partial charge on any atom is -0.490 e. The van der Waals surface area contributed by atoms with E-state index in [9.17, 15) is 0 Å². The van der Waals surface area contributed by atoms with Crippen LogP contribution in [-0.2, 0) is 0 Å². The summed E-state index contributed by atoms with van der Waals surface area (Å²) in [7, 11) is 0. The average molecular weight is 242 g/mol. The molecular formula is C16H20NO. The number of rotatable bonds is 5. The molecule has 2 aromatic rings. The van der Waals surface area contributed by atoms with E-state index in [4.69, 9.17) is 10.5 Å². The van der Waals surface area contributed by atoms with Gasteiger partial charge in [-0.3, -0.25) is 0 Å². The van der Waals surface area contributed by atoms with Crippen LogP contribution in [0.4, 0.5) is 5.69 Å². The lowest BCUT2D eigenvalue weighted by molar-refractivity contribution is 0.210. The highest BCUT2D eigenvalue weighted by molar-refractivity contribution is 5.95. The molecule has 1 radical (unpaired) electrons. The van der Waals surface area contributed by atoms with Gasteiger partial charge in [-0.25, -0.2) is 0 Å². The largest absolute Gasteiger partial charge is 0.490 e. The van der Waals surface area contributed by atoms with Gasteiger partial charge in [-0.05, 0) is 25.5 Å². The van der Waals surface area contributed by atoms with E-state index < -0.39 is 0 Å². The summed E-state index contributed by atoms with van der Waals surface area (Å²) in [5, 5.41) is 1.99. The van der Waals surface area contributed by atoms with Crippen LogP contribution in [0.25, 0.3) is 10.8 Å². The van der Waals surface area contributed by atoms with Crippen molar-refractivity contribution in [1.82, 2.24) is 5.73 Å². The lowest BCUT2D eigenvalue weighted by Gasteiger charge is -2.16. The summed E-state index contributed by atoms with van der Waals surface area (Å²) < 4.78 is 6.00. The third kappa shape index (κ3) is 2.76. The lowest BCUT2D eigenvalue weighted by Crippen LogP contribution is -2.11. The van der Waals surface area contributed by atoms with Crippen LogP contribution < -0.4 is 10.5 Å². The van der Waals surface area contributed by atoms with E-state index in [2.05, 4.69) is 13.8 Å². The second-order valence-electron chi connectivity index (χ2n) is 4.73. The topological polar surface area (TPSA) is 33.0 Å². The zero-order chi connectivity index (χ0) is 13.0. The van der Waals surface area contributed by atoms with Gasteiger partial charge in [-0.2, -0.15) is 0 Å². The fourth-order valence-electron chi connectivity index (χ4n) is 2.15. The van der Waals surface area contributed by atoms with Gasteiger partial charge >= 0.3 is 0 Å². The molecule has 0 spiro atoms. The number of nitrogens with one attached hydrogen (secondary N) is 1. The normalized spacial score (nSPS) is 12.6. The zero-order valence-electron chi connectivity index (χ0n) is 11.1. The second kappa shape index (κ2) is 5.76. The van der Waals surface area contributed by atoms with Gasteiger partial charge in [0.15, 0.2) is 0 Å². The quantitative estimate of drug-likeness (QED) is 0.747. The number of hydrogen-bond donors (Lipinski definition) is 0. The monoisotopic (exact) mass is 242 g/mol. The van der Waals surface area contributed by atoms with Crippen LogP contribution >= 0.6 is 0 Å². The molecule has 18 heavy (non-hydrogen) atoms. The highest BCUT2D eigenvalue weighted by Crippen LogP contribution is 2.30. The molecule has 95 valence electrons. The molecule has 1 atom stereocenters. The SMILES string of the molecule is CCCCC(C)Oc1cccc2c([NH])cccc12. The highest BCUT2D eigenvalue weighted by Gasteiger charge is 2.08. The minimum absolute atomic E-state index is 0.227. The van der Waals surface area contributed by atoms with Crippen LogP contribution in [0.15, 0.2) is 36.4 Å². The molecule has 2 nitrogen and oxygen atoms in total. The van der Waals surface area contributed by atoms with Gasteiger partial charge in [0.2, 0.25) is 0 Å². The molecule has 0 amide bonds. The predicted octanol–water partition coefficient (Wildman–Crippen LogP) is 4.71. The molecule has 0 aliphatic rings. The Hall–Kier alpha value is -1.70. The summed E-state index contributed by atoms with van der Waals surface area (Å²) in [5.41, 5.74) is 8.45. The fraction of sp³-hybridized carbons (Fsp3) is 0.375.